The fourth-order valence-electron chi connectivity index (χ4n) is 0.634. The second kappa shape index (κ2) is 5.60. The van der Waals surface area contributed by atoms with Gasteiger partial charge in [-0.3, -0.25) is 0 Å². The molecule has 0 atom stereocenters. The Balaban J connectivity index is 3.25. The van der Waals surface area contributed by atoms with Gasteiger partial charge in [-0.25, -0.2) is 0 Å². The van der Waals surface area contributed by atoms with Gasteiger partial charge in [0.2, 0.25) is 0 Å². The highest BCUT2D eigenvalue weighted by Gasteiger charge is 1.88. The van der Waals surface area contributed by atoms with Gasteiger partial charge in [-0.1, -0.05) is 18.5 Å². The van der Waals surface area contributed by atoms with Crippen LogP contribution in [0.1, 0.15) is 33.1 Å². The van der Waals surface area contributed by atoms with Crippen molar-refractivity contribution >= 4 is 5.71 Å². The lowest BCUT2D eigenvalue weighted by molar-refractivity contribution is 0.212. The first-order valence-corrected chi connectivity index (χ1v) is 3.38. The van der Waals surface area contributed by atoms with Crippen molar-refractivity contribution in [1.82, 2.24) is 0 Å². The average Bonchev–Trinajstić information content (AvgIpc) is 1.85. The van der Waals surface area contributed by atoms with E-state index >= 15 is 0 Å². The SMILES string of the molecule is CCCC/C(C)=N\OC. The van der Waals surface area contributed by atoms with Gasteiger partial charge in [-0.2, -0.15) is 0 Å². The Morgan fingerprint density at radius 2 is 2.22 bits per heavy atom. The summed E-state index contributed by atoms with van der Waals surface area (Å²) in [5, 5.41) is 3.78. The normalized spacial score (nSPS) is 11.7. The Morgan fingerprint density at radius 3 is 2.67 bits per heavy atom. The van der Waals surface area contributed by atoms with Crippen molar-refractivity contribution < 1.29 is 4.84 Å². The topological polar surface area (TPSA) is 21.6 Å². The van der Waals surface area contributed by atoms with Crippen LogP contribution < -0.4 is 0 Å². The van der Waals surface area contributed by atoms with Crippen molar-refractivity contribution in [3.63, 3.8) is 0 Å². The summed E-state index contributed by atoms with van der Waals surface area (Å²) in [7, 11) is 1.58. The molecule has 0 saturated carbocycles. The van der Waals surface area contributed by atoms with Gasteiger partial charge in [0, 0.05) is 0 Å². The second-order valence-corrected chi connectivity index (χ2v) is 2.11. The highest BCUT2D eigenvalue weighted by Crippen LogP contribution is 1.95. The van der Waals surface area contributed by atoms with Crippen LogP contribution in [0.25, 0.3) is 0 Å². The summed E-state index contributed by atoms with van der Waals surface area (Å²) in [4.78, 5) is 4.59. The van der Waals surface area contributed by atoms with Gasteiger partial charge >= 0.3 is 0 Å². The molecule has 0 aromatic rings. The first-order valence-electron chi connectivity index (χ1n) is 3.38. The quantitative estimate of drug-likeness (QED) is 0.421. The van der Waals surface area contributed by atoms with Crippen LogP contribution in [0.2, 0.25) is 0 Å². The molecule has 0 bridgehead atoms. The van der Waals surface area contributed by atoms with Crippen LogP contribution in [0.5, 0.6) is 0 Å². The Morgan fingerprint density at radius 1 is 1.56 bits per heavy atom. The van der Waals surface area contributed by atoms with Crippen molar-refractivity contribution in [1.29, 1.82) is 0 Å². The number of unbranched alkanes of at least 4 members (excludes halogenated alkanes) is 1. The van der Waals surface area contributed by atoms with Crippen LogP contribution in [0.15, 0.2) is 5.16 Å². The molecule has 0 amide bonds. The van der Waals surface area contributed by atoms with E-state index in [4.69, 9.17) is 0 Å². The lowest BCUT2D eigenvalue weighted by atomic mass is 10.2. The van der Waals surface area contributed by atoms with Crippen molar-refractivity contribution in [2.45, 2.75) is 33.1 Å². The molecule has 0 aliphatic rings. The summed E-state index contributed by atoms with van der Waals surface area (Å²) >= 11 is 0. The second-order valence-electron chi connectivity index (χ2n) is 2.11. The molecule has 54 valence electrons. The van der Waals surface area contributed by atoms with E-state index in [-0.39, 0.29) is 0 Å². The third kappa shape index (κ3) is 5.34. The standard InChI is InChI=1S/C7H15NO/c1-4-5-6-7(2)8-9-3/h4-6H2,1-3H3/b8-7-. The van der Waals surface area contributed by atoms with E-state index in [0.29, 0.717) is 0 Å². The van der Waals surface area contributed by atoms with Crippen LogP contribution in [-0.2, 0) is 4.84 Å². The summed E-state index contributed by atoms with van der Waals surface area (Å²) in [5.41, 5.74) is 1.08. The van der Waals surface area contributed by atoms with E-state index in [2.05, 4.69) is 16.9 Å². The Labute approximate surface area is 56.9 Å². The molecule has 2 heteroatoms. The van der Waals surface area contributed by atoms with Crippen LogP contribution in [-0.4, -0.2) is 12.8 Å². The maximum absolute atomic E-state index is 4.59. The molecule has 0 rings (SSSR count). The summed E-state index contributed by atoms with van der Waals surface area (Å²) < 4.78 is 0. The average molecular weight is 129 g/mol. The highest BCUT2D eigenvalue weighted by molar-refractivity contribution is 5.81. The van der Waals surface area contributed by atoms with Crippen molar-refractivity contribution in [2.24, 2.45) is 5.16 Å². The Bertz CT molecular complexity index is 88.9. The summed E-state index contributed by atoms with van der Waals surface area (Å²) in [6.07, 6.45) is 3.49. The lowest BCUT2D eigenvalue weighted by Gasteiger charge is -1.95. The van der Waals surface area contributed by atoms with Crippen LogP contribution in [0.4, 0.5) is 0 Å². The minimum Gasteiger partial charge on any atom is -0.399 e. The van der Waals surface area contributed by atoms with Gasteiger partial charge in [-0.15, -0.1) is 0 Å². The van der Waals surface area contributed by atoms with E-state index in [0.717, 1.165) is 12.1 Å². The maximum atomic E-state index is 4.59. The monoisotopic (exact) mass is 129 g/mol. The molecule has 0 fully saturated rings. The smallest absolute Gasteiger partial charge is 0.106 e. The predicted octanol–water partition coefficient (Wildman–Crippen LogP) is 2.20. The Kier molecular flexibility index (Phi) is 5.27. The third-order valence-electron chi connectivity index (χ3n) is 1.14. The number of hydrogen-bond donors (Lipinski definition) is 0. The van der Waals surface area contributed by atoms with Gasteiger partial charge < -0.3 is 4.84 Å². The summed E-state index contributed by atoms with van der Waals surface area (Å²) in [5.74, 6) is 0. The van der Waals surface area contributed by atoms with Crippen molar-refractivity contribution in [3.05, 3.63) is 0 Å². The molecule has 0 radical (unpaired) electrons. The van der Waals surface area contributed by atoms with Crippen LogP contribution >= 0.6 is 0 Å². The molecule has 9 heavy (non-hydrogen) atoms. The first kappa shape index (κ1) is 8.47. The molecule has 0 N–H and O–H groups in total. The summed E-state index contributed by atoms with van der Waals surface area (Å²) in [6, 6.07) is 0. The highest BCUT2D eigenvalue weighted by atomic mass is 16.6. The molecule has 0 spiro atoms. The first-order chi connectivity index (χ1) is 4.31. The fourth-order valence-corrected chi connectivity index (χ4v) is 0.634. The van der Waals surface area contributed by atoms with Gasteiger partial charge in [0.05, 0.1) is 5.71 Å². The maximum Gasteiger partial charge on any atom is 0.106 e. The molecule has 2 nitrogen and oxygen atoms in total. The minimum atomic E-state index is 1.06. The molecule has 0 aromatic carbocycles. The molecule has 0 saturated heterocycles. The molecular formula is C7H15NO. The van der Waals surface area contributed by atoms with E-state index in [1.807, 2.05) is 6.92 Å². The molecular weight excluding hydrogens is 114 g/mol. The van der Waals surface area contributed by atoms with Gasteiger partial charge in [0.15, 0.2) is 0 Å². The van der Waals surface area contributed by atoms with E-state index < -0.39 is 0 Å². The van der Waals surface area contributed by atoms with Crippen molar-refractivity contribution in [2.75, 3.05) is 7.11 Å². The molecule has 0 unspecified atom stereocenters. The predicted molar refractivity (Wildman–Crippen MR) is 39.6 cm³/mol. The van der Waals surface area contributed by atoms with Crippen LogP contribution in [0, 0.1) is 0 Å². The minimum absolute atomic E-state index is 1.06. The van der Waals surface area contributed by atoms with Crippen LogP contribution in [0.3, 0.4) is 0 Å². The Hall–Kier alpha value is -0.530. The zero-order chi connectivity index (χ0) is 7.11. The molecule has 0 aliphatic carbocycles. The van der Waals surface area contributed by atoms with Gasteiger partial charge in [0.25, 0.3) is 0 Å². The van der Waals surface area contributed by atoms with E-state index in [9.17, 15) is 0 Å². The fraction of sp³-hybridized carbons (Fsp3) is 0.857. The zero-order valence-corrected chi connectivity index (χ0v) is 6.48. The number of hydrogen-bond acceptors (Lipinski definition) is 2. The number of nitrogens with zero attached hydrogens (tertiary/aromatic N) is 1. The van der Waals surface area contributed by atoms with E-state index in [1.54, 1.807) is 7.11 Å². The molecule has 0 aliphatic heterocycles. The lowest BCUT2D eigenvalue weighted by Crippen LogP contribution is -1.90. The van der Waals surface area contributed by atoms with Gasteiger partial charge in [-0.05, 0) is 19.8 Å². The van der Waals surface area contributed by atoms with Gasteiger partial charge in [0.1, 0.15) is 7.11 Å². The number of oxime groups is 1. The summed E-state index contributed by atoms with van der Waals surface area (Å²) in [6.45, 7) is 4.15. The molecule has 0 aromatic heterocycles. The number of rotatable bonds is 4. The molecule has 0 heterocycles. The third-order valence-corrected chi connectivity index (χ3v) is 1.14. The largest absolute Gasteiger partial charge is 0.399 e. The van der Waals surface area contributed by atoms with Crippen molar-refractivity contribution in [3.8, 4) is 0 Å². The zero-order valence-electron chi connectivity index (χ0n) is 6.48. The van der Waals surface area contributed by atoms with E-state index in [1.165, 1.54) is 12.8 Å².